The molecule has 4 aromatic carbocycles. The van der Waals surface area contributed by atoms with E-state index in [4.69, 9.17) is 9.47 Å². The minimum absolute atomic E-state index is 0.542. The van der Waals surface area contributed by atoms with Crippen LogP contribution in [0.25, 0.3) is 6.08 Å². The van der Waals surface area contributed by atoms with Crippen LogP contribution >= 0.6 is 0 Å². The minimum Gasteiger partial charge on any atom is -0.468 e. The van der Waals surface area contributed by atoms with Gasteiger partial charge in [-0.3, -0.25) is 4.79 Å². The van der Waals surface area contributed by atoms with Gasteiger partial charge in [-0.05, 0) is 46.0 Å². The van der Waals surface area contributed by atoms with Gasteiger partial charge in [-0.1, -0.05) is 97.1 Å². The number of methoxy groups -OCH3 is 1. The molecule has 1 fully saturated rings. The van der Waals surface area contributed by atoms with Crippen LogP contribution < -0.4 is 4.90 Å². The molecular formula is C37H33N3O4. The second-order valence-corrected chi connectivity index (χ2v) is 11.3. The van der Waals surface area contributed by atoms with Crippen LogP contribution in [0.2, 0.25) is 0 Å². The zero-order chi connectivity index (χ0) is 30.8. The van der Waals surface area contributed by atoms with Crippen LogP contribution in [0.3, 0.4) is 0 Å². The smallest absolute Gasteiger partial charge is 0.330 e. The van der Waals surface area contributed by atoms with Crippen molar-refractivity contribution in [2.45, 2.75) is 24.1 Å². The molecule has 0 radical (unpaired) electrons. The van der Waals surface area contributed by atoms with Crippen LogP contribution in [0, 0.1) is 16.7 Å². The summed E-state index contributed by atoms with van der Waals surface area (Å²) in [4.78, 5) is 32.4. The molecule has 0 saturated carbocycles. The van der Waals surface area contributed by atoms with Crippen LogP contribution in [-0.2, 0) is 19.1 Å². The first-order valence-corrected chi connectivity index (χ1v) is 14.5. The first-order valence-electron chi connectivity index (χ1n) is 14.5. The van der Waals surface area contributed by atoms with E-state index in [0.717, 1.165) is 27.9 Å². The van der Waals surface area contributed by atoms with Gasteiger partial charge in [0, 0.05) is 31.9 Å². The van der Waals surface area contributed by atoms with E-state index in [1.807, 2.05) is 145 Å². The molecule has 0 spiro atoms. The minimum atomic E-state index is -1.76. The van der Waals surface area contributed by atoms with E-state index in [1.54, 1.807) is 0 Å². The third-order valence-corrected chi connectivity index (χ3v) is 8.73. The number of hydrogen-bond donors (Lipinski definition) is 0. The fourth-order valence-corrected chi connectivity index (χ4v) is 6.69. The Morgan fingerprint density at radius 3 is 2.02 bits per heavy atom. The normalized spacial score (nSPS) is 21.6. The van der Waals surface area contributed by atoms with E-state index in [-0.39, 0.29) is 0 Å². The highest BCUT2D eigenvalue weighted by atomic mass is 16.5. The molecule has 0 aromatic heterocycles. The lowest BCUT2D eigenvalue weighted by Gasteiger charge is -2.36. The highest BCUT2D eigenvalue weighted by molar-refractivity contribution is 5.90. The van der Waals surface area contributed by atoms with Crippen molar-refractivity contribution < 1.29 is 19.1 Å². The van der Waals surface area contributed by atoms with Crippen molar-refractivity contribution in [3.05, 3.63) is 143 Å². The molecule has 1 saturated heterocycles. The Hall–Kier alpha value is -5.35. The SMILES string of the molecule is COC(=O)[C@@]1(C#N)[C@H](c2ccc(N(C)C)cc2)[C@H](C(=O)OC(c2ccccc2)c2ccccc2)N2C=Cc3ccccc3[C@@H]21. The van der Waals surface area contributed by atoms with Crippen molar-refractivity contribution in [3.63, 3.8) is 0 Å². The summed E-state index contributed by atoms with van der Waals surface area (Å²) in [5.41, 5.74) is 3.13. The van der Waals surface area contributed by atoms with Gasteiger partial charge in [0.25, 0.3) is 0 Å². The maximum Gasteiger partial charge on any atom is 0.330 e. The standard InChI is InChI=1S/C37H33N3O4/c1-39(2)29-20-18-26(19-21-29)31-32(35(41)44-33(27-13-6-4-7-14-27)28-15-8-5-9-16-28)40-23-22-25-12-10-11-17-30(25)34(40)37(31,24-38)36(42)43-3/h4-23,31-34H,1-3H3/t31-,32-,34-,37+/m1/s1. The molecule has 2 heterocycles. The first-order chi connectivity index (χ1) is 21.4. The van der Waals surface area contributed by atoms with Gasteiger partial charge in [0.05, 0.1) is 19.2 Å². The molecule has 2 aliphatic heterocycles. The fraction of sp³-hybridized carbons (Fsp3) is 0.216. The third-order valence-electron chi connectivity index (χ3n) is 8.73. The van der Waals surface area contributed by atoms with Gasteiger partial charge in [0.1, 0.15) is 6.04 Å². The number of anilines is 1. The Bertz CT molecular complexity index is 1690. The van der Waals surface area contributed by atoms with Crippen molar-refractivity contribution in [2.24, 2.45) is 5.41 Å². The van der Waals surface area contributed by atoms with Crippen molar-refractivity contribution in [1.82, 2.24) is 4.90 Å². The summed E-state index contributed by atoms with van der Waals surface area (Å²) in [5.74, 6) is -2.14. The van der Waals surface area contributed by atoms with Crippen LogP contribution in [0.5, 0.6) is 0 Å². The van der Waals surface area contributed by atoms with E-state index < -0.39 is 41.5 Å². The number of nitrogens with zero attached hydrogens (tertiary/aromatic N) is 3. The molecule has 44 heavy (non-hydrogen) atoms. The predicted octanol–water partition coefficient (Wildman–Crippen LogP) is 6.26. The molecule has 0 bridgehead atoms. The molecule has 4 atom stereocenters. The van der Waals surface area contributed by atoms with Gasteiger partial charge >= 0.3 is 11.9 Å². The Morgan fingerprint density at radius 2 is 1.45 bits per heavy atom. The van der Waals surface area contributed by atoms with Crippen molar-refractivity contribution in [2.75, 3.05) is 26.1 Å². The first kappa shape index (κ1) is 28.8. The molecule has 0 unspecified atom stereocenters. The van der Waals surface area contributed by atoms with Crippen molar-refractivity contribution >= 4 is 23.7 Å². The van der Waals surface area contributed by atoms with Crippen LogP contribution in [0.1, 0.15) is 45.9 Å². The second-order valence-electron chi connectivity index (χ2n) is 11.3. The molecule has 2 aliphatic rings. The number of hydrogen-bond acceptors (Lipinski definition) is 7. The molecule has 0 N–H and O–H groups in total. The maximum atomic E-state index is 14.7. The summed E-state index contributed by atoms with van der Waals surface area (Å²) in [6, 6.07) is 35.0. The van der Waals surface area contributed by atoms with E-state index in [0.29, 0.717) is 5.56 Å². The largest absolute Gasteiger partial charge is 0.468 e. The topological polar surface area (TPSA) is 82.9 Å². The Morgan fingerprint density at radius 1 is 0.864 bits per heavy atom. The number of ether oxygens (including phenoxy) is 2. The molecule has 4 aromatic rings. The second kappa shape index (κ2) is 11.7. The maximum absolute atomic E-state index is 14.7. The van der Waals surface area contributed by atoms with E-state index in [1.165, 1.54) is 7.11 Å². The number of benzene rings is 4. The average molecular weight is 584 g/mol. The Kier molecular flexibility index (Phi) is 7.67. The summed E-state index contributed by atoms with van der Waals surface area (Å²) < 4.78 is 11.8. The molecular weight excluding hydrogens is 550 g/mol. The summed E-state index contributed by atoms with van der Waals surface area (Å²) in [5, 5.41) is 11.0. The Labute approximate surface area is 257 Å². The molecule has 0 aliphatic carbocycles. The number of rotatable bonds is 7. The number of esters is 2. The van der Waals surface area contributed by atoms with E-state index in [2.05, 4.69) is 6.07 Å². The monoisotopic (exact) mass is 583 g/mol. The van der Waals surface area contributed by atoms with Gasteiger partial charge in [0.15, 0.2) is 11.5 Å². The van der Waals surface area contributed by atoms with Gasteiger partial charge in [-0.2, -0.15) is 5.26 Å². The highest BCUT2D eigenvalue weighted by Gasteiger charge is 2.68. The van der Waals surface area contributed by atoms with Crippen molar-refractivity contribution in [3.8, 4) is 6.07 Å². The average Bonchev–Trinajstić information content (AvgIpc) is 3.39. The number of carbonyl (C=O) groups is 2. The number of nitriles is 1. The van der Waals surface area contributed by atoms with Gasteiger partial charge in [-0.15, -0.1) is 0 Å². The van der Waals surface area contributed by atoms with Crippen LogP contribution in [0.15, 0.2) is 115 Å². The van der Waals surface area contributed by atoms with E-state index >= 15 is 0 Å². The highest BCUT2D eigenvalue weighted by Crippen LogP contribution is 2.60. The zero-order valence-electron chi connectivity index (χ0n) is 24.8. The van der Waals surface area contributed by atoms with E-state index in [9.17, 15) is 14.9 Å². The third kappa shape index (κ3) is 4.69. The molecule has 6 rings (SSSR count). The summed E-state index contributed by atoms with van der Waals surface area (Å²) in [7, 11) is 5.16. The zero-order valence-corrected chi connectivity index (χ0v) is 24.8. The summed E-state index contributed by atoms with van der Waals surface area (Å²) in [6.07, 6.45) is 3.02. The fourth-order valence-electron chi connectivity index (χ4n) is 6.69. The molecule has 0 amide bonds. The van der Waals surface area contributed by atoms with Gasteiger partial charge < -0.3 is 19.3 Å². The molecule has 220 valence electrons. The summed E-state index contributed by atoms with van der Waals surface area (Å²) in [6.45, 7) is 0. The van der Waals surface area contributed by atoms with Gasteiger partial charge in [-0.25, -0.2) is 4.79 Å². The molecule has 7 nitrogen and oxygen atoms in total. The quantitative estimate of drug-likeness (QED) is 0.238. The van der Waals surface area contributed by atoms with Crippen LogP contribution in [-0.4, -0.2) is 44.1 Å². The van der Waals surface area contributed by atoms with Gasteiger partial charge in [0.2, 0.25) is 0 Å². The predicted molar refractivity (Wildman–Crippen MR) is 168 cm³/mol. The lowest BCUT2D eigenvalue weighted by atomic mass is 9.67. The number of carbonyl (C=O) groups excluding carboxylic acids is 2. The lowest BCUT2D eigenvalue weighted by molar-refractivity contribution is -0.153. The van der Waals surface area contributed by atoms with Crippen molar-refractivity contribution in [1.29, 1.82) is 5.26 Å². The summed E-state index contributed by atoms with van der Waals surface area (Å²) >= 11 is 0. The molecule has 7 heteroatoms. The van der Waals surface area contributed by atoms with Crippen LogP contribution in [0.4, 0.5) is 5.69 Å². The lowest BCUT2D eigenvalue weighted by Crippen LogP contribution is -2.41. The number of fused-ring (bicyclic) bond motifs is 3. The Balaban J connectivity index is 1.54.